The fraction of sp³-hybridized carbons (Fsp3) is 0.176. The van der Waals surface area contributed by atoms with E-state index in [1.165, 1.54) is 12.1 Å². The van der Waals surface area contributed by atoms with Crippen LogP contribution in [0, 0.1) is 0 Å². The Kier molecular flexibility index (Phi) is 6.46. The average Bonchev–Trinajstić information content (AvgIpc) is 2.55. The van der Waals surface area contributed by atoms with Crippen LogP contribution in [0.1, 0.15) is 17.3 Å². The number of anilines is 1. The molecule has 2 aromatic carbocycles. The maximum absolute atomic E-state index is 11.9. The van der Waals surface area contributed by atoms with Crippen molar-refractivity contribution in [3.63, 3.8) is 0 Å². The first-order chi connectivity index (χ1) is 11.5. The summed E-state index contributed by atoms with van der Waals surface area (Å²) in [5.41, 5.74) is 0.606. The van der Waals surface area contributed by atoms with Crippen LogP contribution in [-0.2, 0) is 9.53 Å². The number of benzene rings is 2. The number of hydrogen-bond acceptors (Lipinski definition) is 4. The zero-order valence-corrected chi connectivity index (χ0v) is 14.4. The van der Waals surface area contributed by atoms with E-state index >= 15 is 0 Å². The highest BCUT2D eigenvalue weighted by Crippen LogP contribution is 2.22. The molecular weight excluding hydrogens is 353 g/mol. The topological polar surface area (TPSA) is 64.6 Å². The second kappa shape index (κ2) is 8.57. The van der Waals surface area contributed by atoms with E-state index < -0.39 is 5.97 Å². The molecule has 0 radical (unpaired) electrons. The van der Waals surface area contributed by atoms with Crippen LogP contribution in [0.2, 0.25) is 10.0 Å². The fourth-order valence-electron chi connectivity index (χ4n) is 1.87. The molecule has 24 heavy (non-hydrogen) atoms. The Labute approximate surface area is 149 Å². The van der Waals surface area contributed by atoms with Crippen LogP contribution < -0.4 is 10.1 Å². The Hall–Kier alpha value is -2.24. The van der Waals surface area contributed by atoms with Crippen molar-refractivity contribution in [1.29, 1.82) is 0 Å². The Balaban J connectivity index is 1.98. The SMILES string of the molecule is CCOC(=O)c1cc(NC(=O)COc2cccc(Cl)c2)ccc1Cl. The lowest BCUT2D eigenvalue weighted by Crippen LogP contribution is -2.20. The fourth-order valence-corrected chi connectivity index (χ4v) is 2.25. The van der Waals surface area contributed by atoms with E-state index in [0.717, 1.165) is 0 Å². The molecular formula is C17H15Cl2NO4. The van der Waals surface area contributed by atoms with Crippen LogP contribution >= 0.6 is 23.2 Å². The zero-order chi connectivity index (χ0) is 17.5. The molecule has 2 aromatic rings. The van der Waals surface area contributed by atoms with E-state index in [0.29, 0.717) is 16.5 Å². The van der Waals surface area contributed by atoms with E-state index in [1.54, 1.807) is 37.3 Å². The number of carbonyl (C=O) groups excluding carboxylic acids is 2. The number of esters is 1. The molecule has 0 unspecified atom stereocenters. The van der Waals surface area contributed by atoms with Crippen LogP contribution in [0.25, 0.3) is 0 Å². The second-order valence-corrected chi connectivity index (χ2v) is 5.55. The maximum atomic E-state index is 11.9. The normalized spacial score (nSPS) is 10.1. The van der Waals surface area contributed by atoms with Gasteiger partial charge in [-0.1, -0.05) is 29.3 Å². The van der Waals surface area contributed by atoms with Crippen molar-refractivity contribution in [2.24, 2.45) is 0 Å². The quantitative estimate of drug-likeness (QED) is 0.777. The summed E-state index contributed by atoms with van der Waals surface area (Å²) in [5, 5.41) is 3.40. The summed E-state index contributed by atoms with van der Waals surface area (Å²) in [6, 6.07) is 11.3. The first kappa shape index (κ1) is 18.1. The van der Waals surface area contributed by atoms with Gasteiger partial charge in [-0.15, -0.1) is 0 Å². The lowest BCUT2D eigenvalue weighted by molar-refractivity contribution is -0.118. The van der Waals surface area contributed by atoms with Crippen molar-refractivity contribution < 1.29 is 19.1 Å². The average molecular weight is 368 g/mol. The highest BCUT2D eigenvalue weighted by molar-refractivity contribution is 6.33. The van der Waals surface area contributed by atoms with E-state index in [-0.39, 0.29) is 29.7 Å². The molecule has 0 saturated carbocycles. The molecule has 0 aliphatic carbocycles. The summed E-state index contributed by atoms with van der Waals surface area (Å²) in [4.78, 5) is 23.7. The molecule has 0 aliphatic rings. The molecule has 0 aromatic heterocycles. The summed E-state index contributed by atoms with van der Waals surface area (Å²) in [7, 11) is 0. The van der Waals surface area contributed by atoms with Crippen LogP contribution in [0.15, 0.2) is 42.5 Å². The molecule has 0 saturated heterocycles. The lowest BCUT2D eigenvalue weighted by atomic mass is 10.2. The minimum absolute atomic E-state index is 0.187. The highest BCUT2D eigenvalue weighted by atomic mass is 35.5. The van der Waals surface area contributed by atoms with Crippen molar-refractivity contribution in [3.05, 3.63) is 58.1 Å². The van der Waals surface area contributed by atoms with Gasteiger partial charge in [0.25, 0.3) is 5.91 Å². The van der Waals surface area contributed by atoms with Gasteiger partial charge >= 0.3 is 5.97 Å². The van der Waals surface area contributed by atoms with Crippen molar-refractivity contribution in [1.82, 2.24) is 0 Å². The predicted molar refractivity (Wildman–Crippen MR) is 93.0 cm³/mol. The minimum atomic E-state index is -0.547. The van der Waals surface area contributed by atoms with Crippen LogP contribution in [0.3, 0.4) is 0 Å². The Morgan fingerprint density at radius 2 is 1.92 bits per heavy atom. The molecule has 0 atom stereocenters. The summed E-state index contributed by atoms with van der Waals surface area (Å²) in [5.74, 6) is -0.443. The summed E-state index contributed by atoms with van der Waals surface area (Å²) in [6.45, 7) is 1.74. The molecule has 5 nitrogen and oxygen atoms in total. The summed E-state index contributed by atoms with van der Waals surface area (Å²) in [6.07, 6.45) is 0. The van der Waals surface area contributed by atoms with Gasteiger partial charge in [-0.3, -0.25) is 4.79 Å². The van der Waals surface area contributed by atoms with Gasteiger partial charge in [0.2, 0.25) is 0 Å². The number of nitrogens with one attached hydrogen (secondary N) is 1. The van der Waals surface area contributed by atoms with Gasteiger partial charge in [0.1, 0.15) is 5.75 Å². The molecule has 2 rings (SSSR count). The second-order valence-electron chi connectivity index (χ2n) is 4.71. The Morgan fingerprint density at radius 3 is 2.62 bits per heavy atom. The smallest absolute Gasteiger partial charge is 0.339 e. The van der Waals surface area contributed by atoms with Gasteiger partial charge in [0.15, 0.2) is 6.61 Å². The van der Waals surface area contributed by atoms with E-state index in [4.69, 9.17) is 32.7 Å². The summed E-state index contributed by atoms with van der Waals surface area (Å²) < 4.78 is 10.3. The van der Waals surface area contributed by atoms with Crippen molar-refractivity contribution in [2.45, 2.75) is 6.92 Å². The molecule has 0 spiro atoms. The number of carbonyl (C=O) groups is 2. The van der Waals surface area contributed by atoms with Crippen molar-refractivity contribution in [2.75, 3.05) is 18.5 Å². The summed E-state index contributed by atoms with van der Waals surface area (Å²) >= 11 is 11.8. The maximum Gasteiger partial charge on any atom is 0.339 e. The number of amides is 1. The predicted octanol–water partition coefficient (Wildman–Crippen LogP) is 4.19. The third-order valence-electron chi connectivity index (χ3n) is 2.91. The number of hydrogen-bond donors (Lipinski definition) is 1. The van der Waals surface area contributed by atoms with Crippen LogP contribution in [0.5, 0.6) is 5.75 Å². The zero-order valence-electron chi connectivity index (χ0n) is 12.8. The molecule has 0 heterocycles. The highest BCUT2D eigenvalue weighted by Gasteiger charge is 2.13. The molecule has 0 aliphatic heterocycles. The largest absolute Gasteiger partial charge is 0.484 e. The lowest BCUT2D eigenvalue weighted by Gasteiger charge is -2.10. The minimum Gasteiger partial charge on any atom is -0.484 e. The van der Waals surface area contributed by atoms with E-state index in [9.17, 15) is 9.59 Å². The van der Waals surface area contributed by atoms with Crippen molar-refractivity contribution in [3.8, 4) is 5.75 Å². The third-order valence-corrected chi connectivity index (χ3v) is 3.48. The van der Waals surface area contributed by atoms with Gasteiger partial charge in [-0.2, -0.15) is 0 Å². The van der Waals surface area contributed by atoms with Crippen LogP contribution in [0.4, 0.5) is 5.69 Å². The van der Waals surface area contributed by atoms with Gasteiger partial charge in [0.05, 0.1) is 17.2 Å². The Morgan fingerprint density at radius 1 is 1.12 bits per heavy atom. The monoisotopic (exact) mass is 367 g/mol. The Bertz CT molecular complexity index is 749. The van der Waals surface area contributed by atoms with Crippen molar-refractivity contribution >= 4 is 40.8 Å². The molecule has 7 heteroatoms. The molecule has 0 fully saturated rings. The van der Waals surface area contributed by atoms with Crippen LogP contribution in [-0.4, -0.2) is 25.1 Å². The number of ether oxygens (including phenoxy) is 2. The molecule has 0 bridgehead atoms. The van der Waals surface area contributed by atoms with Gasteiger partial charge in [-0.05, 0) is 43.3 Å². The van der Waals surface area contributed by atoms with Gasteiger partial charge in [-0.25, -0.2) is 4.79 Å². The van der Waals surface area contributed by atoms with E-state index in [1.807, 2.05) is 0 Å². The first-order valence-electron chi connectivity index (χ1n) is 7.14. The molecule has 126 valence electrons. The molecule has 1 amide bonds. The van der Waals surface area contributed by atoms with Gasteiger partial charge < -0.3 is 14.8 Å². The van der Waals surface area contributed by atoms with E-state index in [2.05, 4.69) is 5.32 Å². The number of rotatable bonds is 6. The third kappa shape index (κ3) is 5.15. The molecule has 1 N–H and O–H groups in total. The number of halogens is 2. The first-order valence-corrected chi connectivity index (χ1v) is 7.90. The standard InChI is InChI=1S/C17H15Cl2NO4/c1-2-23-17(22)14-9-12(6-7-15(14)19)20-16(21)10-24-13-5-3-4-11(18)8-13/h3-9H,2,10H2,1H3,(H,20,21). The van der Waals surface area contributed by atoms with Gasteiger partial charge in [0, 0.05) is 10.7 Å².